The molecule has 28 heavy (non-hydrogen) atoms. The number of likely N-dealkylation sites (N-methyl/N-ethyl adjacent to an activating group) is 1. The monoisotopic (exact) mass is 382 g/mol. The SMILES string of the molecule is CCN(CC(=O)Nc1ccc(NC(C)=O)cc1)[C@H](C)C(=O)Nc1ccccc1. The third-order valence-corrected chi connectivity index (χ3v) is 4.21. The van der Waals surface area contributed by atoms with Gasteiger partial charge in [-0.3, -0.25) is 19.3 Å². The molecule has 148 valence electrons. The first-order chi connectivity index (χ1) is 13.4. The number of para-hydroxylation sites is 1. The van der Waals surface area contributed by atoms with E-state index < -0.39 is 6.04 Å². The van der Waals surface area contributed by atoms with E-state index in [0.29, 0.717) is 17.9 Å². The number of anilines is 3. The molecule has 0 aliphatic carbocycles. The number of hydrogen-bond acceptors (Lipinski definition) is 4. The highest BCUT2D eigenvalue weighted by molar-refractivity contribution is 5.96. The molecule has 0 aliphatic rings. The average Bonchev–Trinajstić information content (AvgIpc) is 2.67. The summed E-state index contributed by atoms with van der Waals surface area (Å²) in [6.45, 7) is 5.76. The van der Waals surface area contributed by atoms with Crippen LogP contribution in [0.25, 0.3) is 0 Å². The van der Waals surface area contributed by atoms with Gasteiger partial charge in [-0.1, -0.05) is 25.1 Å². The van der Waals surface area contributed by atoms with Crippen molar-refractivity contribution in [1.82, 2.24) is 4.90 Å². The van der Waals surface area contributed by atoms with E-state index in [1.54, 1.807) is 36.1 Å². The minimum Gasteiger partial charge on any atom is -0.326 e. The zero-order valence-electron chi connectivity index (χ0n) is 16.4. The highest BCUT2D eigenvalue weighted by Crippen LogP contribution is 2.14. The second kappa shape index (κ2) is 10.2. The molecule has 0 saturated heterocycles. The zero-order chi connectivity index (χ0) is 20.5. The second-order valence-electron chi connectivity index (χ2n) is 6.40. The molecule has 0 heterocycles. The Labute approximate surface area is 165 Å². The molecule has 0 saturated carbocycles. The highest BCUT2D eigenvalue weighted by Gasteiger charge is 2.22. The van der Waals surface area contributed by atoms with E-state index in [4.69, 9.17) is 0 Å². The van der Waals surface area contributed by atoms with Crippen LogP contribution in [-0.4, -0.2) is 41.8 Å². The molecule has 3 N–H and O–H groups in total. The van der Waals surface area contributed by atoms with Crippen LogP contribution in [0.5, 0.6) is 0 Å². The van der Waals surface area contributed by atoms with E-state index in [2.05, 4.69) is 16.0 Å². The first-order valence-corrected chi connectivity index (χ1v) is 9.16. The predicted octanol–water partition coefficient (Wildman–Crippen LogP) is 2.93. The molecule has 0 aromatic heterocycles. The Kier molecular flexibility index (Phi) is 7.71. The van der Waals surface area contributed by atoms with Crippen molar-refractivity contribution in [2.75, 3.05) is 29.0 Å². The fourth-order valence-corrected chi connectivity index (χ4v) is 2.68. The Morgan fingerprint density at radius 3 is 1.93 bits per heavy atom. The molecule has 2 aromatic rings. The van der Waals surface area contributed by atoms with Crippen molar-refractivity contribution in [1.29, 1.82) is 0 Å². The third kappa shape index (κ3) is 6.51. The maximum atomic E-state index is 12.5. The topological polar surface area (TPSA) is 90.5 Å². The summed E-state index contributed by atoms with van der Waals surface area (Å²) in [5.74, 6) is -0.535. The molecule has 0 unspecified atom stereocenters. The Morgan fingerprint density at radius 1 is 0.857 bits per heavy atom. The molecule has 0 fully saturated rings. The molecule has 2 rings (SSSR count). The van der Waals surface area contributed by atoms with E-state index in [-0.39, 0.29) is 24.3 Å². The summed E-state index contributed by atoms with van der Waals surface area (Å²) in [7, 11) is 0. The maximum Gasteiger partial charge on any atom is 0.241 e. The number of carbonyl (C=O) groups excluding carboxylic acids is 3. The van der Waals surface area contributed by atoms with Gasteiger partial charge in [0.05, 0.1) is 12.6 Å². The Hall–Kier alpha value is -3.19. The lowest BCUT2D eigenvalue weighted by molar-refractivity contribution is -0.123. The van der Waals surface area contributed by atoms with Gasteiger partial charge in [0, 0.05) is 24.0 Å². The summed E-state index contributed by atoms with van der Waals surface area (Å²) in [5, 5.41) is 8.33. The first-order valence-electron chi connectivity index (χ1n) is 9.16. The van der Waals surface area contributed by atoms with Crippen molar-refractivity contribution < 1.29 is 14.4 Å². The standard InChI is InChI=1S/C21H26N4O3/c1-4-25(15(2)21(28)24-17-8-6-5-7-9-17)14-20(27)23-19-12-10-18(11-13-19)22-16(3)26/h5-13,15H,4,14H2,1-3H3,(H,22,26)(H,23,27)(H,24,28)/t15-/m1/s1. The number of hydrogen-bond donors (Lipinski definition) is 3. The first kappa shape index (κ1) is 21.1. The van der Waals surface area contributed by atoms with Crippen LogP contribution in [0.3, 0.4) is 0 Å². The number of rotatable bonds is 8. The summed E-state index contributed by atoms with van der Waals surface area (Å²) in [5.41, 5.74) is 2.00. The van der Waals surface area contributed by atoms with Gasteiger partial charge in [-0.05, 0) is 49.9 Å². The third-order valence-electron chi connectivity index (χ3n) is 4.21. The minimum absolute atomic E-state index is 0.0906. The van der Waals surface area contributed by atoms with E-state index in [1.807, 2.05) is 37.3 Å². The van der Waals surface area contributed by atoms with Gasteiger partial charge in [0.2, 0.25) is 17.7 Å². The lowest BCUT2D eigenvalue weighted by Gasteiger charge is -2.26. The van der Waals surface area contributed by atoms with Crippen LogP contribution in [0.1, 0.15) is 20.8 Å². The molecule has 0 radical (unpaired) electrons. The highest BCUT2D eigenvalue weighted by atomic mass is 16.2. The molecule has 2 aromatic carbocycles. The fourth-order valence-electron chi connectivity index (χ4n) is 2.68. The fraction of sp³-hybridized carbons (Fsp3) is 0.286. The van der Waals surface area contributed by atoms with E-state index in [0.717, 1.165) is 5.69 Å². The van der Waals surface area contributed by atoms with Crippen LogP contribution < -0.4 is 16.0 Å². The van der Waals surface area contributed by atoms with E-state index in [1.165, 1.54) is 6.92 Å². The van der Waals surface area contributed by atoms with Gasteiger partial charge < -0.3 is 16.0 Å². The molecule has 3 amide bonds. The molecule has 7 heteroatoms. The van der Waals surface area contributed by atoms with E-state index in [9.17, 15) is 14.4 Å². The molecule has 0 bridgehead atoms. The largest absolute Gasteiger partial charge is 0.326 e. The van der Waals surface area contributed by atoms with Crippen LogP contribution in [0.15, 0.2) is 54.6 Å². The zero-order valence-corrected chi connectivity index (χ0v) is 16.4. The van der Waals surface area contributed by atoms with Crippen molar-refractivity contribution in [3.8, 4) is 0 Å². The molecular weight excluding hydrogens is 356 g/mol. The maximum absolute atomic E-state index is 12.5. The van der Waals surface area contributed by atoms with Gasteiger partial charge in [0.15, 0.2) is 0 Å². The molecule has 7 nitrogen and oxygen atoms in total. The smallest absolute Gasteiger partial charge is 0.241 e. The number of carbonyl (C=O) groups is 3. The van der Waals surface area contributed by atoms with Gasteiger partial charge in [0.25, 0.3) is 0 Å². The average molecular weight is 382 g/mol. The molecule has 0 aliphatic heterocycles. The van der Waals surface area contributed by atoms with Gasteiger partial charge >= 0.3 is 0 Å². The Balaban J connectivity index is 1.90. The van der Waals surface area contributed by atoms with Crippen LogP contribution in [0.2, 0.25) is 0 Å². The van der Waals surface area contributed by atoms with Crippen molar-refractivity contribution >= 4 is 34.8 Å². The van der Waals surface area contributed by atoms with Gasteiger partial charge in [-0.2, -0.15) is 0 Å². The summed E-state index contributed by atoms with van der Waals surface area (Å²) >= 11 is 0. The molecular formula is C21H26N4O3. The van der Waals surface area contributed by atoms with E-state index >= 15 is 0 Å². The summed E-state index contributed by atoms with van der Waals surface area (Å²) in [6.07, 6.45) is 0. The predicted molar refractivity (Wildman–Crippen MR) is 111 cm³/mol. The van der Waals surface area contributed by atoms with Crippen LogP contribution in [-0.2, 0) is 14.4 Å². The minimum atomic E-state index is -0.460. The summed E-state index contributed by atoms with van der Waals surface area (Å²) in [4.78, 5) is 37.7. The number of amides is 3. The van der Waals surface area contributed by atoms with Crippen LogP contribution in [0, 0.1) is 0 Å². The van der Waals surface area contributed by atoms with Crippen LogP contribution in [0.4, 0.5) is 17.1 Å². The van der Waals surface area contributed by atoms with Gasteiger partial charge in [0.1, 0.15) is 0 Å². The molecule has 1 atom stereocenters. The van der Waals surface area contributed by atoms with Crippen molar-refractivity contribution in [3.05, 3.63) is 54.6 Å². The number of nitrogens with one attached hydrogen (secondary N) is 3. The van der Waals surface area contributed by atoms with Crippen LogP contribution >= 0.6 is 0 Å². The lowest BCUT2D eigenvalue weighted by atomic mass is 10.2. The quantitative estimate of drug-likeness (QED) is 0.655. The Morgan fingerprint density at radius 2 is 1.39 bits per heavy atom. The van der Waals surface area contributed by atoms with Crippen molar-refractivity contribution in [3.63, 3.8) is 0 Å². The second-order valence-corrected chi connectivity index (χ2v) is 6.40. The summed E-state index contributed by atoms with van der Waals surface area (Å²) in [6, 6.07) is 15.6. The van der Waals surface area contributed by atoms with Crippen molar-refractivity contribution in [2.24, 2.45) is 0 Å². The molecule has 0 spiro atoms. The number of nitrogens with zero attached hydrogens (tertiary/aromatic N) is 1. The van der Waals surface area contributed by atoms with Gasteiger partial charge in [-0.25, -0.2) is 0 Å². The Bertz CT molecular complexity index is 806. The lowest BCUT2D eigenvalue weighted by Crippen LogP contribution is -2.45. The normalized spacial score (nSPS) is 11.6. The number of benzene rings is 2. The summed E-state index contributed by atoms with van der Waals surface area (Å²) < 4.78 is 0. The van der Waals surface area contributed by atoms with Crippen molar-refractivity contribution in [2.45, 2.75) is 26.8 Å². The van der Waals surface area contributed by atoms with Gasteiger partial charge in [-0.15, -0.1) is 0 Å².